The molecular weight excluding hydrogens is 411 g/mol. The highest BCUT2D eigenvalue weighted by atomic mass is 19.4. The van der Waals surface area contributed by atoms with Crippen LogP contribution in [0.5, 0.6) is 5.88 Å². The van der Waals surface area contributed by atoms with Crippen molar-refractivity contribution in [3.05, 3.63) is 59.3 Å². The molecule has 1 amide bonds. The Labute approximate surface area is 168 Å². The zero-order chi connectivity index (χ0) is 22.2. The molecule has 5 nitrogen and oxygen atoms in total. The Morgan fingerprint density at radius 3 is 2.53 bits per heavy atom. The molecule has 10 heteroatoms. The molecule has 0 unspecified atom stereocenters. The van der Waals surface area contributed by atoms with Crippen LogP contribution >= 0.6 is 0 Å². The summed E-state index contributed by atoms with van der Waals surface area (Å²) in [6.45, 7) is -0.263. The fraction of sp³-hybridized carbons (Fsp3) is 0.400. The van der Waals surface area contributed by atoms with Gasteiger partial charge in [0.15, 0.2) is 6.61 Å². The molecular formula is C20H19F5N2O3. The van der Waals surface area contributed by atoms with Crippen LogP contribution in [0.25, 0.3) is 0 Å². The van der Waals surface area contributed by atoms with Crippen LogP contribution in [0.1, 0.15) is 37.4 Å². The molecule has 1 aliphatic rings. The van der Waals surface area contributed by atoms with Crippen molar-refractivity contribution >= 4 is 5.91 Å². The highest BCUT2D eigenvalue weighted by Crippen LogP contribution is 2.45. The summed E-state index contributed by atoms with van der Waals surface area (Å²) in [5.74, 6) is -2.65. The maximum Gasteiger partial charge on any atom is 0.422 e. The van der Waals surface area contributed by atoms with Gasteiger partial charge in [0, 0.05) is 17.7 Å². The van der Waals surface area contributed by atoms with Gasteiger partial charge in [0.25, 0.3) is 0 Å². The Balaban J connectivity index is 1.69. The lowest BCUT2D eigenvalue weighted by Gasteiger charge is -2.25. The van der Waals surface area contributed by atoms with Crippen molar-refractivity contribution in [2.24, 2.45) is 0 Å². The van der Waals surface area contributed by atoms with Gasteiger partial charge >= 0.3 is 6.18 Å². The van der Waals surface area contributed by atoms with E-state index in [0.29, 0.717) is 24.6 Å². The summed E-state index contributed by atoms with van der Waals surface area (Å²) in [7, 11) is 0. The van der Waals surface area contributed by atoms with Gasteiger partial charge in [-0.05, 0) is 31.9 Å². The Morgan fingerprint density at radius 2 is 1.93 bits per heavy atom. The average Bonchev–Trinajstić information content (AvgIpc) is 3.39. The van der Waals surface area contributed by atoms with Gasteiger partial charge in [-0.2, -0.15) is 13.2 Å². The van der Waals surface area contributed by atoms with Gasteiger partial charge in [-0.1, -0.05) is 12.1 Å². The van der Waals surface area contributed by atoms with Crippen LogP contribution in [0.15, 0.2) is 36.4 Å². The van der Waals surface area contributed by atoms with Crippen LogP contribution in [0, 0.1) is 11.6 Å². The predicted molar refractivity (Wildman–Crippen MR) is 95.4 cm³/mol. The molecule has 1 aliphatic carbocycles. The number of nitrogens with one attached hydrogen (secondary N) is 1. The number of pyridine rings is 1. The number of hydrogen-bond acceptors (Lipinski definition) is 4. The minimum atomic E-state index is -4.51. The third kappa shape index (κ3) is 5.24. The quantitative estimate of drug-likeness (QED) is 0.658. The normalized spacial score (nSPS) is 17.2. The number of aromatic nitrogens is 1. The molecule has 2 aromatic rings. The number of carbonyl (C=O) groups is 1. The van der Waals surface area contributed by atoms with Crippen molar-refractivity contribution < 1.29 is 36.6 Å². The Morgan fingerprint density at radius 1 is 1.23 bits per heavy atom. The van der Waals surface area contributed by atoms with E-state index in [2.05, 4.69) is 15.0 Å². The predicted octanol–water partition coefficient (Wildman–Crippen LogP) is 3.70. The molecule has 0 bridgehead atoms. The third-order valence-corrected chi connectivity index (χ3v) is 4.74. The summed E-state index contributed by atoms with van der Waals surface area (Å²) in [5.41, 5.74) is -2.71. The number of rotatable bonds is 7. The van der Waals surface area contributed by atoms with E-state index in [1.54, 1.807) is 6.07 Å². The lowest BCUT2D eigenvalue weighted by Crippen LogP contribution is -2.39. The summed E-state index contributed by atoms with van der Waals surface area (Å²) >= 11 is 0. The van der Waals surface area contributed by atoms with Gasteiger partial charge in [-0.3, -0.25) is 4.79 Å². The van der Waals surface area contributed by atoms with Gasteiger partial charge in [-0.15, -0.1) is 0 Å². The summed E-state index contributed by atoms with van der Waals surface area (Å²) in [6, 6.07) is 6.93. The lowest BCUT2D eigenvalue weighted by atomic mass is 9.91. The molecule has 0 aliphatic heterocycles. The third-order valence-electron chi connectivity index (χ3n) is 4.74. The number of nitrogens with zero attached hydrogens (tertiary/aromatic N) is 1. The van der Waals surface area contributed by atoms with E-state index in [4.69, 9.17) is 0 Å². The standard InChI is InChI=1S/C20H19F5N2O3/c1-18(29,13-6-5-12(21)9-14(13)22)10-16(28)27-19(7-8-19)15-3-2-4-17(26-15)30-11-20(23,24)25/h2-6,9,29H,7-8,10-11H2,1H3,(H,27,28)/t18-/m0/s1. The van der Waals surface area contributed by atoms with Crippen LogP contribution < -0.4 is 10.1 Å². The lowest BCUT2D eigenvalue weighted by molar-refractivity contribution is -0.154. The molecule has 0 saturated heterocycles. The van der Waals surface area contributed by atoms with Crippen molar-refractivity contribution in [1.29, 1.82) is 0 Å². The first-order chi connectivity index (χ1) is 13.9. The van der Waals surface area contributed by atoms with Crippen molar-refractivity contribution in [3.8, 4) is 5.88 Å². The molecule has 2 N–H and O–H groups in total. The Hall–Kier alpha value is -2.75. The minimum absolute atomic E-state index is 0.231. The first-order valence-corrected chi connectivity index (χ1v) is 9.06. The topological polar surface area (TPSA) is 71.5 Å². The van der Waals surface area contributed by atoms with Gasteiger partial charge in [0.2, 0.25) is 11.8 Å². The largest absolute Gasteiger partial charge is 0.468 e. The number of carbonyl (C=O) groups excluding carboxylic acids is 1. The SMILES string of the molecule is C[C@](O)(CC(=O)NC1(c2cccc(OCC(F)(F)F)n2)CC1)c1ccc(F)cc1F. The molecule has 0 spiro atoms. The van der Waals surface area contributed by atoms with Gasteiger partial charge in [0.05, 0.1) is 23.3 Å². The Kier molecular flexibility index (Phi) is 5.72. The summed E-state index contributed by atoms with van der Waals surface area (Å²) < 4.78 is 68.7. The van der Waals surface area contributed by atoms with E-state index >= 15 is 0 Å². The monoisotopic (exact) mass is 430 g/mol. The number of hydrogen-bond donors (Lipinski definition) is 2. The second-order valence-corrected chi connectivity index (χ2v) is 7.47. The second kappa shape index (κ2) is 7.82. The van der Waals surface area contributed by atoms with Crippen LogP contribution in [-0.4, -0.2) is 28.8 Å². The first-order valence-electron chi connectivity index (χ1n) is 9.06. The molecule has 3 rings (SSSR count). The number of amides is 1. The highest BCUT2D eigenvalue weighted by Gasteiger charge is 2.48. The average molecular weight is 430 g/mol. The van der Waals surface area contributed by atoms with Gasteiger partial charge < -0.3 is 15.2 Å². The van der Waals surface area contributed by atoms with E-state index in [1.165, 1.54) is 19.1 Å². The number of ether oxygens (including phenoxy) is 1. The summed E-state index contributed by atoms with van der Waals surface area (Å²) in [6.07, 6.45) is -4.05. The van der Waals surface area contributed by atoms with Crippen molar-refractivity contribution in [2.75, 3.05) is 6.61 Å². The maximum atomic E-state index is 14.0. The van der Waals surface area contributed by atoms with E-state index in [0.717, 1.165) is 12.1 Å². The molecule has 1 aromatic carbocycles. The number of aliphatic hydroxyl groups is 1. The molecule has 0 radical (unpaired) electrons. The molecule has 1 fully saturated rings. The van der Waals surface area contributed by atoms with Gasteiger partial charge in [0.1, 0.15) is 11.6 Å². The van der Waals surface area contributed by atoms with Crippen molar-refractivity contribution in [2.45, 2.75) is 43.5 Å². The van der Waals surface area contributed by atoms with Gasteiger partial charge in [-0.25, -0.2) is 13.8 Å². The second-order valence-electron chi connectivity index (χ2n) is 7.47. The molecule has 1 heterocycles. The summed E-state index contributed by atoms with van der Waals surface area (Å²) in [4.78, 5) is 16.5. The zero-order valence-corrected chi connectivity index (χ0v) is 15.9. The van der Waals surface area contributed by atoms with Crippen molar-refractivity contribution in [1.82, 2.24) is 10.3 Å². The molecule has 30 heavy (non-hydrogen) atoms. The smallest absolute Gasteiger partial charge is 0.422 e. The molecule has 162 valence electrons. The first kappa shape index (κ1) is 21.9. The van der Waals surface area contributed by atoms with E-state index in [9.17, 15) is 31.9 Å². The molecule has 1 saturated carbocycles. The van der Waals surface area contributed by atoms with Crippen LogP contribution in [0.4, 0.5) is 22.0 Å². The summed E-state index contributed by atoms with van der Waals surface area (Å²) in [5, 5.41) is 13.2. The van der Waals surface area contributed by atoms with Crippen LogP contribution in [-0.2, 0) is 15.9 Å². The minimum Gasteiger partial charge on any atom is -0.468 e. The van der Waals surface area contributed by atoms with Crippen LogP contribution in [0.2, 0.25) is 0 Å². The molecule has 1 aromatic heterocycles. The van der Waals surface area contributed by atoms with E-state index in [-0.39, 0.29) is 11.4 Å². The molecule has 1 atom stereocenters. The number of benzene rings is 1. The fourth-order valence-corrected chi connectivity index (χ4v) is 3.13. The van der Waals surface area contributed by atoms with Crippen LogP contribution in [0.3, 0.4) is 0 Å². The maximum absolute atomic E-state index is 14.0. The fourth-order valence-electron chi connectivity index (χ4n) is 3.13. The zero-order valence-electron chi connectivity index (χ0n) is 15.9. The van der Waals surface area contributed by atoms with E-state index < -0.39 is 47.9 Å². The Bertz CT molecular complexity index is 942. The van der Waals surface area contributed by atoms with E-state index in [1.807, 2.05) is 0 Å². The number of alkyl halides is 3. The number of halogens is 5. The van der Waals surface area contributed by atoms with Crippen molar-refractivity contribution in [3.63, 3.8) is 0 Å². The highest BCUT2D eigenvalue weighted by molar-refractivity contribution is 5.78.